The minimum absolute atomic E-state index is 0.0684. The van der Waals surface area contributed by atoms with E-state index in [1.807, 2.05) is 60.7 Å². The van der Waals surface area contributed by atoms with Gasteiger partial charge in [-0.15, -0.1) is 9.97 Å². The summed E-state index contributed by atoms with van der Waals surface area (Å²) in [5.41, 5.74) is 1.52. The molecule has 4 heterocycles. The lowest BCUT2D eigenvalue weighted by Gasteiger charge is -2.32. The van der Waals surface area contributed by atoms with Gasteiger partial charge < -0.3 is 9.69 Å². The normalized spacial score (nSPS) is 17.2. The van der Waals surface area contributed by atoms with Crippen LogP contribution in [0.4, 0.5) is 40.3 Å². The molecular weight excluding hydrogens is 518 g/mol. The number of benzene rings is 3. The molecule has 3 aromatic carbocycles. The van der Waals surface area contributed by atoms with Crippen molar-refractivity contribution in [1.82, 2.24) is 14.5 Å². The number of amides is 2. The van der Waals surface area contributed by atoms with E-state index in [9.17, 15) is 9.59 Å². The highest BCUT2D eigenvalue weighted by Crippen LogP contribution is 2.43. The van der Waals surface area contributed by atoms with Crippen LogP contribution in [0.2, 0.25) is 0 Å². The molecule has 1 unspecified atom stereocenters. The Hall–Kier alpha value is -6.33. The number of hydrogen-bond donors (Lipinski definition) is 0. The maximum atomic E-state index is 13.6. The number of para-hydroxylation sites is 3. The van der Waals surface area contributed by atoms with Gasteiger partial charge in [0.25, 0.3) is 23.4 Å². The van der Waals surface area contributed by atoms with Crippen molar-refractivity contribution < 1.29 is 9.59 Å². The van der Waals surface area contributed by atoms with Gasteiger partial charge in [-0.25, -0.2) is 9.89 Å². The van der Waals surface area contributed by atoms with E-state index in [-0.39, 0.29) is 34.7 Å². The zero-order chi connectivity index (χ0) is 28.1. The second-order valence-corrected chi connectivity index (χ2v) is 9.07. The molecular formula is C30H16N9O2+. The number of hydrogen-bond acceptors (Lipinski definition) is 7. The van der Waals surface area contributed by atoms with Crippen LogP contribution in [0.15, 0.2) is 101 Å². The lowest BCUT2D eigenvalue weighted by molar-refractivity contribution is -0.118. The standard InChI is InChI=1S/C30H16N9O2/c1-31-23-24(32-2)36-28-27(35-23)37(18-12-6-3-7-13-18)25-26(38(28)19-14-8-4-9-15-19)34-22-21(33-25)29(40)39(30(22)41)20-16-10-5-11-17-20/h3-17,25H/q+1. The van der Waals surface area contributed by atoms with E-state index in [1.54, 1.807) is 39.8 Å². The third kappa shape index (κ3) is 3.54. The summed E-state index contributed by atoms with van der Waals surface area (Å²) >= 11 is 0. The topological polar surface area (TPSA) is 103 Å². The molecule has 0 bridgehead atoms. The van der Waals surface area contributed by atoms with Crippen LogP contribution >= 0.6 is 0 Å². The largest absolute Gasteiger partial charge is 0.378 e. The first kappa shape index (κ1) is 23.8. The van der Waals surface area contributed by atoms with Crippen molar-refractivity contribution in [2.45, 2.75) is 6.17 Å². The molecule has 1 fully saturated rings. The number of aliphatic imine (C=N–C) groups is 2. The Labute approximate surface area is 233 Å². The van der Waals surface area contributed by atoms with Crippen LogP contribution in [0.3, 0.4) is 0 Å². The third-order valence-corrected chi connectivity index (χ3v) is 6.76. The van der Waals surface area contributed by atoms with E-state index in [0.29, 0.717) is 22.9 Å². The van der Waals surface area contributed by atoms with Gasteiger partial charge in [0.2, 0.25) is 11.9 Å². The van der Waals surface area contributed by atoms with Crippen molar-refractivity contribution in [2.24, 2.45) is 9.98 Å². The van der Waals surface area contributed by atoms with Gasteiger partial charge in [-0.3, -0.25) is 14.5 Å². The zero-order valence-corrected chi connectivity index (χ0v) is 21.1. The molecule has 1 aromatic heterocycles. The van der Waals surface area contributed by atoms with Crippen molar-refractivity contribution >= 4 is 69.4 Å². The Morgan fingerprint density at radius 1 is 0.707 bits per heavy atom. The lowest BCUT2D eigenvalue weighted by atomic mass is 10.1. The number of imide groups is 1. The molecule has 1 saturated heterocycles. The first-order valence-corrected chi connectivity index (χ1v) is 12.4. The SMILES string of the molecule is [C-]#[N+]c1nc2c(nc1[N+]#[C-])[N+](c1ccccc1)=C1N=C3C(=O)N(c4ccccc4)C(=O)C3=NC1N2c1ccccc1. The Morgan fingerprint density at radius 3 is 1.90 bits per heavy atom. The van der Waals surface area contributed by atoms with Crippen LogP contribution in [-0.2, 0) is 9.59 Å². The van der Waals surface area contributed by atoms with Crippen LogP contribution < -0.4 is 14.4 Å². The molecule has 11 nitrogen and oxygen atoms in total. The number of carbonyl (C=O) groups is 2. The number of fused-ring (bicyclic) bond motifs is 3. The van der Waals surface area contributed by atoms with E-state index in [0.717, 1.165) is 4.90 Å². The molecule has 192 valence electrons. The summed E-state index contributed by atoms with van der Waals surface area (Å²) < 4.78 is 1.67. The fraction of sp³-hybridized carbons (Fsp3) is 0.0333. The summed E-state index contributed by atoms with van der Waals surface area (Å²) in [5.74, 6) is -0.708. The van der Waals surface area contributed by atoms with E-state index in [1.165, 1.54) is 0 Å². The summed E-state index contributed by atoms with van der Waals surface area (Å²) in [7, 11) is 0. The molecule has 41 heavy (non-hydrogen) atoms. The zero-order valence-electron chi connectivity index (χ0n) is 21.1. The predicted octanol–water partition coefficient (Wildman–Crippen LogP) is 4.76. The number of amidine groups is 1. The molecule has 0 N–H and O–H groups in total. The molecule has 3 aliphatic heterocycles. The lowest BCUT2D eigenvalue weighted by Crippen LogP contribution is -2.48. The number of anilines is 3. The summed E-state index contributed by atoms with van der Waals surface area (Å²) in [5, 5.41) is 0. The van der Waals surface area contributed by atoms with Crippen LogP contribution in [0, 0.1) is 13.1 Å². The smallest absolute Gasteiger partial charge is 0.322 e. The number of carbonyl (C=O) groups excluding carboxylic acids is 2. The van der Waals surface area contributed by atoms with E-state index in [4.69, 9.17) is 23.1 Å². The van der Waals surface area contributed by atoms with Gasteiger partial charge in [0.15, 0.2) is 5.71 Å². The number of aromatic nitrogens is 2. The number of nitrogens with zero attached hydrogens (tertiary/aromatic N) is 9. The minimum Gasteiger partial charge on any atom is -0.378 e. The second kappa shape index (κ2) is 9.15. The van der Waals surface area contributed by atoms with Crippen molar-refractivity contribution in [2.75, 3.05) is 9.80 Å². The van der Waals surface area contributed by atoms with Crippen molar-refractivity contribution in [3.05, 3.63) is 114 Å². The monoisotopic (exact) mass is 534 g/mol. The van der Waals surface area contributed by atoms with Crippen LogP contribution in [-0.4, -0.2) is 45.2 Å². The third-order valence-electron chi connectivity index (χ3n) is 6.76. The van der Waals surface area contributed by atoms with Crippen LogP contribution in [0.5, 0.6) is 0 Å². The Kier molecular flexibility index (Phi) is 5.30. The quantitative estimate of drug-likeness (QED) is 0.214. The summed E-state index contributed by atoms with van der Waals surface area (Å²) in [6.45, 7) is 15.3. The summed E-state index contributed by atoms with van der Waals surface area (Å²) in [6, 6.07) is 27.0. The first-order valence-electron chi connectivity index (χ1n) is 12.4. The van der Waals surface area contributed by atoms with Gasteiger partial charge >= 0.3 is 17.5 Å². The van der Waals surface area contributed by atoms with E-state index >= 15 is 0 Å². The van der Waals surface area contributed by atoms with Crippen molar-refractivity contribution in [3.63, 3.8) is 0 Å². The summed E-state index contributed by atoms with van der Waals surface area (Å²) in [6.07, 6.45) is -0.942. The van der Waals surface area contributed by atoms with Crippen LogP contribution in [0.25, 0.3) is 9.69 Å². The Bertz CT molecular complexity index is 1950. The molecule has 11 heteroatoms. The average molecular weight is 535 g/mol. The molecule has 0 radical (unpaired) electrons. The van der Waals surface area contributed by atoms with Crippen molar-refractivity contribution in [3.8, 4) is 0 Å². The highest BCUT2D eigenvalue weighted by Gasteiger charge is 2.53. The Morgan fingerprint density at radius 2 is 1.27 bits per heavy atom. The minimum atomic E-state index is -0.942. The van der Waals surface area contributed by atoms with E-state index < -0.39 is 18.0 Å². The fourth-order valence-corrected chi connectivity index (χ4v) is 5.00. The summed E-state index contributed by atoms with van der Waals surface area (Å²) in [4.78, 5) is 55.6. The molecule has 0 aliphatic carbocycles. The molecule has 0 saturated carbocycles. The Balaban J connectivity index is 1.55. The van der Waals surface area contributed by atoms with Crippen molar-refractivity contribution in [1.29, 1.82) is 0 Å². The predicted molar refractivity (Wildman–Crippen MR) is 154 cm³/mol. The highest BCUT2D eigenvalue weighted by atomic mass is 16.2. The van der Waals surface area contributed by atoms with Gasteiger partial charge in [-0.1, -0.05) is 72.7 Å². The van der Waals surface area contributed by atoms with Gasteiger partial charge in [-0.2, -0.15) is 4.58 Å². The highest BCUT2D eigenvalue weighted by molar-refractivity contribution is 6.92. The second-order valence-electron chi connectivity index (χ2n) is 9.07. The molecule has 7 rings (SSSR count). The number of rotatable bonds is 3. The molecule has 1 atom stereocenters. The van der Waals surface area contributed by atoms with Crippen LogP contribution in [0.1, 0.15) is 0 Å². The average Bonchev–Trinajstić information content (AvgIpc) is 3.27. The molecule has 0 spiro atoms. The van der Waals surface area contributed by atoms with Gasteiger partial charge in [0.1, 0.15) is 5.69 Å². The first-order chi connectivity index (χ1) is 20.1. The molecule has 2 amide bonds. The molecule has 3 aliphatic rings. The maximum Gasteiger partial charge on any atom is 0.322 e. The van der Waals surface area contributed by atoms with E-state index in [2.05, 4.69) is 19.7 Å². The fourth-order valence-electron chi connectivity index (χ4n) is 5.00. The molecule has 4 aromatic rings. The van der Waals surface area contributed by atoms with Gasteiger partial charge in [-0.05, 0) is 36.4 Å². The van der Waals surface area contributed by atoms with Gasteiger partial charge in [0, 0.05) is 5.69 Å². The van der Waals surface area contributed by atoms with Gasteiger partial charge in [0.05, 0.1) is 5.69 Å². The maximum absolute atomic E-state index is 13.6.